The Morgan fingerprint density at radius 2 is 1.47 bits per heavy atom. The summed E-state index contributed by atoms with van der Waals surface area (Å²) in [6.07, 6.45) is 3.37. The fourth-order valence-corrected chi connectivity index (χ4v) is 1.59. The van der Waals surface area contributed by atoms with Crippen LogP contribution in [-0.2, 0) is 0 Å². The van der Waals surface area contributed by atoms with Gasteiger partial charge in [-0.25, -0.2) is 0 Å². The molecule has 1 N–H and O–H groups in total. The Kier molecular flexibility index (Phi) is 4.07. The zero-order valence-electron chi connectivity index (χ0n) is 11.1. The smallest absolute Gasteiger partial charge is 0.147 e. The van der Waals surface area contributed by atoms with Crippen molar-refractivity contribution in [3.63, 3.8) is 0 Å². The lowest BCUT2D eigenvalue weighted by atomic mass is 10.3. The van der Waals surface area contributed by atoms with Crippen LogP contribution >= 0.6 is 0 Å². The summed E-state index contributed by atoms with van der Waals surface area (Å²) < 4.78 is 16.1. The van der Waals surface area contributed by atoms with Gasteiger partial charge < -0.3 is 19.5 Å². The predicted molar refractivity (Wildman–Crippen MR) is 73.4 cm³/mol. The highest BCUT2D eigenvalue weighted by Crippen LogP contribution is 2.31. The van der Waals surface area contributed by atoms with E-state index in [4.69, 9.17) is 14.2 Å². The SMILES string of the molecule is CNc1cncc(Oc2cc(OC)cc(OC)c2)c1. The van der Waals surface area contributed by atoms with E-state index in [1.54, 1.807) is 44.8 Å². The van der Waals surface area contributed by atoms with Crippen LogP contribution < -0.4 is 19.5 Å². The van der Waals surface area contributed by atoms with Crippen LogP contribution in [0.15, 0.2) is 36.7 Å². The molecule has 100 valence electrons. The maximum atomic E-state index is 5.74. The second kappa shape index (κ2) is 5.95. The third kappa shape index (κ3) is 3.28. The van der Waals surface area contributed by atoms with E-state index in [0.29, 0.717) is 23.0 Å². The van der Waals surface area contributed by atoms with Crippen molar-refractivity contribution in [1.29, 1.82) is 0 Å². The standard InChI is InChI=1S/C14H16N2O3/c1-15-10-4-14(9-16-8-10)19-13-6-11(17-2)5-12(7-13)18-3/h4-9,15H,1-3H3. The molecule has 0 aliphatic carbocycles. The molecule has 0 radical (unpaired) electrons. The summed E-state index contributed by atoms with van der Waals surface area (Å²) >= 11 is 0. The van der Waals surface area contributed by atoms with Crippen molar-refractivity contribution < 1.29 is 14.2 Å². The zero-order chi connectivity index (χ0) is 13.7. The van der Waals surface area contributed by atoms with Crippen LogP contribution in [0.3, 0.4) is 0 Å². The largest absolute Gasteiger partial charge is 0.496 e. The summed E-state index contributed by atoms with van der Waals surface area (Å²) in [6.45, 7) is 0. The molecular weight excluding hydrogens is 244 g/mol. The van der Waals surface area contributed by atoms with Gasteiger partial charge in [-0.15, -0.1) is 0 Å². The molecule has 1 heterocycles. The molecule has 0 aliphatic heterocycles. The molecule has 19 heavy (non-hydrogen) atoms. The van der Waals surface area contributed by atoms with E-state index in [-0.39, 0.29) is 0 Å². The minimum atomic E-state index is 0.631. The zero-order valence-corrected chi connectivity index (χ0v) is 11.1. The van der Waals surface area contributed by atoms with Gasteiger partial charge in [-0.1, -0.05) is 0 Å². The van der Waals surface area contributed by atoms with Crippen LogP contribution in [0.5, 0.6) is 23.0 Å². The Bertz CT molecular complexity index is 536. The first-order valence-electron chi connectivity index (χ1n) is 5.79. The summed E-state index contributed by atoms with van der Waals surface area (Å²) in [5.74, 6) is 2.62. The number of aromatic nitrogens is 1. The highest BCUT2D eigenvalue weighted by Gasteiger charge is 2.05. The van der Waals surface area contributed by atoms with Crippen molar-refractivity contribution in [2.75, 3.05) is 26.6 Å². The maximum Gasteiger partial charge on any atom is 0.147 e. The molecule has 5 nitrogen and oxygen atoms in total. The quantitative estimate of drug-likeness (QED) is 0.895. The van der Waals surface area contributed by atoms with Gasteiger partial charge in [0.05, 0.1) is 32.3 Å². The third-order valence-corrected chi connectivity index (χ3v) is 2.56. The Morgan fingerprint density at radius 3 is 2.05 bits per heavy atom. The number of ether oxygens (including phenoxy) is 3. The molecule has 1 aromatic carbocycles. The van der Waals surface area contributed by atoms with E-state index in [1.165, 1.54) is 0 Å². The van der Waals surface area contributed by atoms with Gasteiger partial charge >= 0.3 is 0 Å². The van der Waals surface area contributed by atoms with E-state index < -0.39 is 0 Å². The fourth-order valence-electron chi connectivity index (χ4n) is 1.59. The molecule has 0 fully saturated rings. The summed E-state index contributed by atoms with van der Waals surface area (Å²) in [6, 6.07) is 7.22. The van der Waals surface area contributed by atoms with E-state index in [1.807, 2.05) is 13.1 Å². The first kappa shape index (κ1) is 13.0. The Balaban J connectivity index is 2.26. The van der Waals surface area contributed by atoms with Crippen molar-refractivity contribution in [3.05, 3.63) is 36.7 Å². The summed E-state index contributed by atoms with van der Waals surface area (Å²) in [7, 11) is 5.03. The van der Waals surface area contributed by atoms with Crippen molar-refractivity contribution >= 4 is 5.69 Å². The highest BCUT2D eigenvalue weighted by molar-refractivity contribution is 5.47. The van der Waals surface area contributed by atoms with Gasteiger partial charge in [-0.3, -0.25) is 4.98 Å². The van der Waals surface area contributed by atoms with Gasteiger partial charge in [0, 0.05) is 31.3 Å². The van der Waals surface area contributed by atoms with Crippen LogP contribution in [-0.4, -0.2) is 26.3 Å². The van der Waals surface area contributed by atoms with Gasteiger partial charge in [0.1, 0.15) is 23.0 Å². The molecule has 0 aliphatic rings. The molecule has 1 aromatic heterocycles. The van der Waals surface area contributed by atoms with Crippen LogP contribution in [0, 0.1) is 0 Å². The lowest BCUT2D eigenvalue weighted by Crippen LogP contribution is -1.92. The van der Waals surface area contributed by atoms with Crippen molar-refractivity contribution in [2.24, 2.45) is 0 Å². The van der Waals surface area contributed by atoms with Crippen LogP contribution in [0.1, 0.15) is 0 Å². The number of benzene rings is 1. The number of anilines is 1. The average Bonchev–Trinajstić information content (AvgIpc) is 2.47. The van der Waals surface area contributed by atoms with Gasteiger partial charge in [0.15, 0.2) is 0 Å². The lowest BCUT2D eigenvalue weighted by molar-refractivity contribution is 0.386. The molecule has 0 saturated carbocycles. The number of rotatable bonds is 5. The van der Waals surface area contributed by atoms with Crippen molar-refractivity contribution in [2.45, 2.75) is 0 Å². The van der Waals surface area contributed by atoms with Gasteiger partial charge in [0.25, 0.3) is 0 Å². The molecule has 2 rings (SSSR count). The highest BCUT2D eigenvalue weighted by atomic mass is 16.5. The van der Waals surface area contributed by atoms with E-state index >= 15 is 0 Å². The third-order valence-electron chi connectivity index (χ3n) is 2.56. The van der Waals surface area contributed by atoms with Crippen LogP contribution in [0.25, 0.3) is 0 Å². The van der Waals surface area contributed by atoms with E-state index in [2.05, 4.69) is 10.3 Å². The molecule has 0 bridgehead atoms. The predicted octanol–water partition coefficient (Wildman–Crippen LogP) is 2.93. The molecule has 0 spiro atoms. The average molecular weight is 260 g/mol. The number of nitrogens with one attached hydrogen (secondary N) is 1. The van der Waals surface area contributed by atoms with Crippen LogP contribution in [0.2, 0.25) is 0 Å². The molecular formula is C14H16N2O3. The number of hydrogen-bond donors (Lipinski definition) is 1. The number of hydrogen-bond acceptors (Lipinski definition) is 5. The maximum absolute atomic E-state index is 5.74. The molecule has 0 unspecified atom stereocenters. The Morgan fingerprint density at radius 1 is 0.842 bits per heavy atom. The van der Waals surface area contributed by atoms with Crippen molar-refractivity contribution in [3.8, 4) is 23.0 Å². The lowest BCUT2D eigenvalue weighted by Gasteiger charge is -2.10. The number of pyridine rings is 1. The van der Waals surface area contributed by atoms with Crippen LogP contribution in [0.4, 0.5) is 5.69 Å². The molecule has 0 saturated heterocycles. The van der Waals surface area contributed by atoms with E-state index in [0.717, 1.165) is 5.69 Å². The summed E-state index contributed by atoms with van der Waals surface area (Å²) in [5.41, 5.74) is 0.882. The summed E-state index contributed by atoms with van der Waals surface area (Å²) in [4.78, 5) is 4.09. The minimum Gasteiger partial charge on any atom is -0.496 e. The van der Waals surface area contributed by atoms with Gasteiger partial charge in [0.2, 0.25) is 0 Å². The number of nitrogens with zero attached hydrogens (tertiary/aromatic N) is 1. The second-order valence-corrected chi connectivity index (χ2v) is 3.81. The van der Waals surface area contributed by atoms with Gasteiger partial charge in [-0.2, -0.15) is 0 Å². The normalized spacial score (nSPS) is 9.84. The minimum absolute atomic E-state index is 0.631. The molecule has 5 heteroatoms. The van der Waals surface area contributed by atoms with E-state index in [9.17, 15) is 0 Å². The summed E-state index contributed by atoms with van der Waals surface area (Å²) in [5, 5.41) is 3.01. The monoisotopic (exact) mass is 260 g/mol. The van der Waals surface area contributed by atoms with Gasteiger partial charge in [-0.05, 0) is 0 Å². The molecule has 0 atom stereocenters. The first-order chi connectivity index (χ1) is 9.25. The number of methoxy groups -OCH3 is 2. The van der Waals surface area contributed by atoms with Crippen molar-refractivity contribution in [1.82, 2.24) is 4.98 Å². The molecule has 0 amide bonds. The fraction of sp³-hybridized carbons (Fsp3) is 0.214. The second-order valence-electron chi connectivity index (χ2n) is 3.81. The Hall–Kier alpha value is -2.43. The first-order valence-corrected chi connectivity index (χ1v) is 5.79. The molecule has 2 aromatic rings. The topological polar surface area (TPSA) is 52.6 Å². The Labute approximate surface area is 112 Å².